The first-order valence-corrected chi connectivity index (χ1v) is 11.4. The van der Waals surface area contributed by atoms with E-state index in [0.717, 1.165) is 43.9 Å². The lowest BCUT2D eigenvalue weighted by atomic mass is 9.46. The molecule has 1 spiro atoms. The van der Waals surface area contributed by atoms with Crippen LogP contribution in [0.4, 0.5) is 0 Å². The van der Waals surface area contributed by atoms with Gasteiger partial charge in [-0.15, -0.1) is 0 Å². The van der Waals surface area contributed by atoms with Gasteiger partial charge in [0.05, 0.1) is 0 Å². The monoisotopic (exact) mass is 386 g/mol. The van der Waals surface area contributed by atoms with Gasteiger partial charge in [0.15, 0.2) is 0 Å². The zero-order valence-corrected chi connectivity index (χ0v) is 17.6. The quantitative estimate of drug-likeness (QED) is 0.472. The van der Waals surface area contributed by atoms with Gasteiger partial charge in [0, 0.05) is 18.8 Å². The van der Waals surface area contributed by atoms with Crippen molar-refractivity contribution in [1.29, 1.82) is 0 Å². The molecular formula is C24H34O4. The van der Waals surface area contributed by atoms with Crippen molar-refractivity contribution in [2.75, 3.05) is 0 Å². The summed E-state index contributed by atoms with van der Waals surface area (Å²) in [6.07, 6.45) is 13.0. The molecule has 5 aliphatic rings. The summed E-state index contributed by atoms with van der Waals surface area (Å²) in [6, 6.07) is 0. The lowest BCUT2D eigenvalue weighted by molar-refractivity contribution is -0.168. The SMILES string of the molecule is CC(=O)OC1C=C2CC[C@@H]3C(CC[C@@]4(C)C3CC[C@@]43CCC(=O)O3)[C@@]2(C)CC1. The third-order valence-corrected chi connectivity index (χ3v) is 9.72. The number of rotatable bonds is 1. The summed E-state index contributed by atoms with van der Waals surface area (Å²) >= 11 is 0. The van der Waals surface area contributed by atoms with Crippen molar-refractivity contribution in [3.05, 3.63) is 11.6 Å². The minimum absolute atomic E-state index is 0.0219. The van der Waals surface area contributed by atoms with E-state index in [1.807, 2.05) is 0 Å². The average Bonchev–Trinajstić information content (AvgIpc) is 3.16. The number of carbonyl (C=O) groups is 2. The normalized spacial score (nSPS) is 49.7. The Labute approximate surface area is 168 Å². The van der Waals surface area contributed by atoms with Crippen LogP contribution in [-0.2, 0) is 19.1 Å². The van der Waals surface area contributed by atoms with Crippen molar-refractivity contribution in [3.8, 4) is 0 Å². The topological polar surface area (TPSA) is 52.6 Å². The van der Waals surface area contributed by atoms with Gasteiger partial charge in [-0.3, -0.25) is 9.59 Å². The van der Waals surface area contributed by atoms with E-state index in [9.17, 15) is 9.59 Å². The molecule has 0 amide bonds. The summed E-state index contributed by atoms with van der Waals surface area (Å²) < 4.78 is 11.6. The van der Waals surface area contributed by atoms with Crippen molar-refractivity contribution in [3.63, 3.8) is 0 Å². The Morgan fingerprint density at radius 1 is 1.04 bits per heavy atom. The molecule has 5 rings (SSSR count). The minimum Gasteiger partial charge on any atom is -0.458 e. The summed E-state index contributed by atoms with van der Waals surface area (Å²) in [4.78, 5) is 23.4. The number of allylic oxidation sites excluding steroid dienone is 1. The molecule has 0 N–H and O–H groups in total. The van der Waals surface area contributed by atoms with Crippen LogP contribution in [0.1, 0.15) is 85.0 Å². The number of hydrogen-bond donors (Lipinski definition) is 0. The maximum absolute atomic E-state index is 12.0. The highest BCUT2D eigenvalue weighted by Gasteiger charge is 2.67. The number of hydrogen-bond acceptors (Lipinski definition) is 4. The number of carbonyl (C=O) groups excluding carboxylic acids is 2. The van der Waals surface area contributed by atoms with Gasteiger partial charge < -0.3 is 9.47 Å². The third kappa shape index (κ3) is 2.42. The number of ether oxygens (including phenoxy) is 2. The Kier molecular flexibility index (Phi) is 4.07. The zero-order chi connectivity index (χ0) is 19.7. The molecule has 4 nitrogen and oxygen atoms in total. The van der Waals surface area contributed by atoms with Gasteiger partial charge >= 0.3 is 11.9 Å². The molecule has 1 heterocycles. The van der Waals surface area contributed by atoms with Gasteiger partial charge in [-0.1, -0.05) is 19.4 Å². The largest absolute Gasteiger partial charge is 0.458 e. The Morgan fingerprint density at radius 2 is 1.82 bits per heavy atom. The van der Waals surface area contributed by atoms with E-state index in [-0.39, 0.29) is 34.5 Å². The first kappa shape index (κ1) is 18.7. The summed E-state index contributed by atoms with van der Waals surface area (Å²) in [7, 11) is 0. The molecule has 0 aromatic carbocycles. The Balaban J connectivity index is 1.42. The van der Waals surface area contributed by atoms with E-state index in [1.165, 1.54) is 38.2 Å². The first-order valence-electron chi connectivity index (χ1n) is 11.4. The van der Waals surface area contributed by atoms with Crippen molar-refractivity contribution >= 4 is 11.9 Å². The lowest BCUT2D eigenvalue weighted by Gasteiger charge is -2.59. The zero-order valence-electron chi connectivity index (χ0n) is 17.6. The minimum atomic E-state index is -0.177. The maximum atomic E-state index is 12.0. The highest BCUT2D eigenvalue weighted by molar-refractivity contribution is 5.72. The molecule has 0 aromatic heterocycles. The Bertz CT molecular complexity index is 741. The van der Waals surface area contributed by atoms with E-state index in [2.05, 4.69) is 19.9 Å². The molecule has 4 aliphatic carbocycles. The van der Waals surface area contributed by atoms with Crippen molar-refractivity contribution < 1.29 is 19.1 Å². The molecule has 3 unspecified atom stereocenters. The maximum Gasteiger partial charge on any atom is 0.306 e. The van der Waals surface area contributed by atoms with E-state index < -0.39 is 0 Å². The second-order valence-electron chi connectivity index (χ2n) is 10.7. The van der Waals surface area contributed by atoms with Crippen LogP contribution in [0.2, 0.25) is 0 Å². The van der Waals surface area contributed by atoms with Crippen LogP contribution in [-0.4, -0.2) is 23.6 Å². The number of esters is 2. The molecule has 7 atom stereocenters. The molecule has 154 valence electrons. The second kappa shape index (κ2) is 6.09. The molecular weight excluding hydrogens is 352 g/mol. The van der Waals surface area contributed by atoms with Crippen LogP contribution in [0.5, 0.6) is 0 Å². The van der Waals surface area contributed by atoms with Gasteiger partial charge in [-0.25, -0.2) is 0 Å². The van der Waals surface area contributed by atoms with Gasteiger partial charge in [-0.2, -0.15) is 0 Å². The van der Waals surface area contributed by atoms with Gasteiger partial charge in [0.1, 0.15) is 11.7 Å². The first-order chi connectivity index (χ1) is 13.3. The summed E-state index contributed by atoms with van der Waals surface area (Å²) in [5.41, 5.74) is 1.77. The summed E-state index contributed by atoms with van der Waals surface area (Å²) in [6.45, 7) is 6.42. The second-order valence-corrected chi connectivity index (χ2v) is 10.7. The van der Waals surface area contributed by atoms with Crippen LogP contribution < -0.4 is 0 Å². The van der Waals surface area contributed by atoms with E-state index in [1.54, 1.807) is 0 Å². The highest BCUT2D eigenvalue weighted by Crippen LogP contribution is 2.69. The van der Waals surface area contributed by atoms with Crippen LogP contribution in [0, 0.1) is 28.6 Å². The number of fused-ring (bicyclic) bond motifs is 6. The van der Waals surface area contributed by atoms with Crippen LogP contribution >= 0.6 is 0 Å². The molecule has 0 aromatic rings. The molecule has 0 bridgehead atoms. The molecule has 0 radical (unpaired) electrons. The fraction of sp³-hybridized carbons (Fsp3) is 0.833. The Morgan fingerprint density at radius 3 is 2.54 bits per heavy atom. The van der Waals surface area contributed by atoms with Crippen LogP contribution in [0.3, 0.4) is 0 Å². The van der Waals surface area contributed by atoms with Gasteiger partial charge in [-0.05, 0) is 87.0 Å². The molecule has 4 fully saturated rings. The predicted molar refractivity (Wildman–Crippen MR) is 105 cm³/mol. The van der Waals surface area contributed by atoms with Crippen LogP contribution in [0.25, 0.3) is 0 Å². The Hall–Kier alpha value is -1.32. The van der Waals surface area contributed by atoms with Gasteiger partial charge in [0.2, 0.25) is 0 Å². The molecule has 1 saturated heterocycles. The van der Waals surface area contributed by atoms with Crippen molar-refractivity contribution in [2.45, 2.75) is 96.7 Å². The smallest absolute Gasteiger partial charge is 0.306 e. The lowest BCUT2D eigenvalue weighted by Crippen LogP contribution is -2.54. The van der Waals surface area contributed by atoms with E-state index >= 15 is 0 Å². The standard InChI is InChI=1S/C24H34O4/c1-15(25)27-17-6-10-22(2)16(14-17)4-5-18-19(22)7-11-23(3)20(18)8-12-24(23)13-9-21(26)28-24/h14,17-20H,4-13H2,1-3H3/t17?,18-,19?,20?,22+,23+,24-/m1/s1. The fourth-order valence-electron chi connectivity index (χ4n) is 8.30. The average molecular weight is 387 g/mol. The van der Waals surface area contributed by atoms with Crippen molar-refractivity contribution in [2.24, 2.45) is 28.6 Å². The summed E-state index contributed by atoms with van der Waals surface area (Å²) in [5.74, 6) is 1.99. The van der Waals surface area contributed by atoms with E-state index in [4.69, 9.17) is 9.47 Å². The molecule has 28 heavy (non-hydrogen) atoms. The fourth-order valence-corrected chi connectivity index (χ4v) is 8.30. The van der Waals surface area contributed by atoms with Crippen LogP contribution in [0.15, 0.2) is 11.6 Å². The predicted octanol–water partition coefficient (Wildman–Crippen LogP) is 4.96. The van der Waals surface area contributed by atoms with E-state index in [0.29, 0.717) is 12.3 Å². The molecule has 3 saturated carbocycles. The third-order valence-electron chi connectivity index (χ3n) is 9.72. The van der Waals surface area contributed by atoms with Crippen molar-refractivity contribution in [1.82, 2.24) is 0 Å². The molecule has 4 heteroatoms. The van der Waals surface area contributed by atoms with Gasteiger partial charge in [0.25, 0.3) is 0 Å². The summed E-state index contributed by atoms with van der Waals surface area (Å²) in [5, 5.41) is 0. The molecule has 1 aliphatic heterocycles. The highest BCUT2D eigenvalue weighted by atomic mass is 16.6.